The Morgan fingerprint density at radius 2 is 1.71 bits per heavy atom. The molecule has 1 atom stereocenters. The first kappa shape index (κ1) is 16.7. The Hall–Kier alpha value is -0.700. The van der Waals surface area contributed by atoms with Crippen LogP contribution in [-0.4, -0.2) is 0 Å². The Labute approximate surface area is 144 Å². The summed E-state index contributed by atoms with van der Waals surface area (Å²) in [7, 11) is 0. The van der Waals surface area contributed by atoms with Crippen molar-refractivity contribution in [2.45, 2.75) is 32.7 Å². The summed E-state index contributed by atoms with van der Waals surface area (Å²) >= 11 is 15.8. The molecule has 2 aromatic rings. The number of hydrogen-bond donors (Lipinski definition) is 1. The van der Waals surface area contributed by atoms with Crippen molar-refractivity contribution in [2.75, 3.05) is 5.32 Å². The zero-order valence-electron chi connectivity index (χ0n) is 12.1. The Balaban J connectivity index is 2.14. The molecule has 1 N–H and O–H groups in total. The molecule has 1 unspecified atom stereocenters. The highest BCUT2D eigenvalue weighted by atomic mass is 79.9. The predicted molar refractivity (Wildman–Crippen MR) is 96.6 cm³/mol. The lowest BCUT2D eigenvalue weighted by Crippen LogP contribution is -2.07. The first-order valence-electron chi connectivity index (χ1n) is 7.01. The molecule has 21 heavy (non-hydrogen) atoms. The van der Waals surface area contributed by atoms with Crippen molar-refractivity contribution in [2.24, 2.45) is 0 Å². The molecular formula is C17H18BrCl2N. The maximum absolute atomic E-state index is 6.27. The van der Waals surface area contributed by atoms with Gasteiger partial charge in [-0.3, -0.25) is 0 Å². The first-order valence-corrected chi connectivity index (χ1v) is 8.56. The number of halogens is 3. The third kappa shape index (κ3) is 4.15. The number of anilines is 1. The zero-order valence-corrected chi connectivity index (χ0v) is 15.2. The molecule has 4 heteroatoms. The Morgan fingerprint density at radius 1 is 1.05 bits per heavy atom. The van der Waals surface area contributed by atoms with Gasteiger partial charge >= 0.3 is 0 Å². The van der Waals surface area contributed by atoms with Gasteiger partial charge in [-0.2, -0.15) is 0 Å². The topological polar surface area (TPSA) is 12.0 Å². The Kier molecular flexibility index (Phi) is 5.98. The van der Waals surface area contributed by atoms with Crippen molar-refractivity contribution < 1.29 is 0 Å². The standard InChI is InChI=1S/C17H18BrCl2N/c1-3-4-12-5-7-13(8-6-12)11(2)21-15-10-9-14(18)16(19)17(15)20/h5-11,21H,3-4H2,1-2H3. The monoisotopic (exact) mass is 385 g/mol. The second kappa shape index (κ2) is 7.53. The summed E-state index contributed by atoms with van der Waals surface area (Å²) < 4.78 is 0.802. The van der Waals surface area contributed by atoms with Gasteiger partial charge in [0.25, 0.3) is 0 Å². The highest BCUT2D eigenvalue weighted by molar-refractivity contribution is 9.10. The molecule has 0 amide bonds. The molecule has 0 aliphatic rings. The van der Waals surface area contributed by atoms with Crippen molar-refractivity contribution in [3.05, 3.63) is 62.0 Å². The van der Waals surface area contributed by atoms with Gasteiger partial charge in [-0.1, -0.05) is 60.8 Å². The summed E-state index contributed by atoms with van der Waals surface area (Å²) in [5, 5.41) is 4.49. The fraction of sp³-hybridized carbons (Fsp3) is 0.294. The largest absolute Gasteiger partial charge is 0.377 e. The third-order valence-corrected chi connectivity index (χ3v) is 5.20. The van der Waals surface area contributed by atoms with E-state index in [1.807, 2.05) is 12.1 Å². The summed E-state index contributed by atoms with van der Waals surface area (Å²) in [6.45, 7) is 4.30. The minimum atomic E-state index is 0.162. The van der Waals surface area contributed by atoms with Crippen molar-refractivity contribution in [1.29, 1.82) is 0 Å². The average molecular weight is 387 g/mol. The van der Waals surface area contributed by atoms with Gasteiger partial charge in [0.2, 0.25) is 0 Å². The van der Waals surface area contributed by atoms with Crippen molar-refractivity contribution in [1.82, 2.24) is 0 Å². The van der Waals surface area contributed by atoms with Crippen LogP contribution in [0.15, 0.2) is 40.9 Å². The van der Waals surface area contributed by atoms with Crippen molar-refractivity contribution in [3.8, 4) is 0 Å². The van der Waals surface area contributed by atoms with Crippen molar-refractivity contribution >= 4 is 44.8 Å². The van der Waals surface area contributed by atoms with E-state index in [4.69, 9.17) is 23.2 Å². The lowest BCUT2D eigenvalue weighted by atomic mass is 10.0. The van der Waals surface area contributed by atoms with E-state index in [1.165, 1.54) is 17.5 Å². The van der Waals surface area contributed by atoms with E-state index in [2.05, 4.69) is 59.4 Å². The van der Waals surface area contributed by atoms with Crippen LogP contribution < -0.4 is 5.32 Å². The third-order valence-electron chi connectivity index (χ3n) is 3.43. The normalized spacial score (nSPS) is 12.2. The second-order valence-electron chi connectivity index (χ2n) is 5.08. The van der Waals surface area contributed by atoms with Gasteiger partial charge in [0, 0.05) is 10.5 Å². The van der Waals surface area contributed by atoms with Gasteiger partial charge in [0.15, 0.2) is 0 Å². The molecule has 0 fully saturated rings. The van der Waals surface area contributed by atoms with Gasteiger partial charge in [-0.25, -0.2) is 0 Å². The number of benzene rings is 2. The molecule has 0 heterocycles. The van der Waals surface area contributed by atoms with E-state index in [0.29, 0.717) is 10.0 Å². The fourth-order valence-electron chi connectivity index (χ4n) is 2.22. The van der Waals surface area contributed by atoms with Gasteiger partial charge in [-0.15, -0.1) is 0 Å². The quantitative estimate of drug-likeness (QED) is 0.552. The summed E-state index contributed by atoms with van der Waals surface area (Å²) in [5.74, 6) is 0. The molecule has 0 saturated carbocycles. The van der Waals surface area contributed by atoms with E-state index in [0.717, 1.165) is 16.6 Å². The van der Waals surface area contributed by atoms with Gasteiger partial charge in [-0.05, 0) is 52.5 Å². The molecule has 1 nitrogen and oxygen atoms in total. The van der Waals surface area contributed by atoms with Crippen LogP contribution in [0.3, 0.4) is 0 Å². The summed E-state index contributed by atoms with van der Waals surface area (Å²) in [4.78, 5) is 0. The number of hydrogen-bond acceptors (Lipinski definition) is 1. The van der Waals surface area contributed by atoms with Gasteiger partial charge in [0.1, 0.15) is 0 Å². The average Bonchev–Trinajstić information content (AvgIpc) is 2.49. The van der Waals surface area contributed by atoms with E-state index < -0.39 is 0 Å². The van der Waals surface area contributed by atoms with Crippen LogP contribution >= 0.6 is 39.1 Å². The van der Waals surface area contributed by atoms with Crippen LogP contribution in [0.2, 0.25) is 10.0 Å². The second-order valence-corrected chi connectivity index (χ2v) is 6.69. The highest BCUT2D eigenvalue weighted by Gasteiger charge is 2.11. The molecule has 2 aromatic carbocycles. The fourth-order valence-corrected chi connectivity index (χ4v) is 3.04. The molecular weight excluding hydrogens is 369 g/mol. The first-order chi connectivity index (χ1) is 10.0. The smallest absolute Gasteiger partial charge is 0.0835 e. The minimum Gasteiger partial charge on any atom is -0.377 e. The van der Waals surface area contributed by atoms with Crippen LogP contribution in [-0.2, 0) is 6.42 Å². The zero-order chi connectivity index (χ0) is 15.4. The number of nitrogens with one attached hydrogen (secondary N) is 1. The van der Waals surface area contributed by atoms with Crippen LogP contribution in [0.1, 0.15) is 37.4 Å². The summed E-state index contributed by atoms with van der Waals surface area (Å²) in [6, 6.07) is 12.7. The molecule has 112 valence electrons. The molecule has 0 aliphatic heterocycles. The molecule has 0 radical (unpaired) electrons. The molecule has 0 spiro atoms. The lowest BCUT2D eigenvalue weighted by molar-refractivity contribution is 0.876. The molecule has 0 saturated heterocycles. The number of aryl methyl sites for hydroxylation is 1. The SMILES string of the molecule is CCCc1ccc(C(C)Nc2ccc(Br)c(Cl)c2Cl)cc1. The van der Waals surface area contributed by atoms with Crippen LogP contribution in [0.25, 0.3) is 0 Å². The van der Waals surface area contributed by atoms with Gasteiger partial charge in [0.05, 0.1) is 15.7 Å². The lowest BCUT2D eigenvalue weighted by Gasteiger charge is -2.18. The summed E-state index contributed by atoms with van der Waals surface area (Å²) in [6.07, 6.45) is 2.29. The van der Waals surface area contributed by atoms with Crippen molar-refractivity contribution in [3.63, 3.8) is 0 Å². The van der Waals surface area contributed by atoms with Crippen LogP contribution in [0.5, 0.6) is 0 Å². The summed E-state index contributed by atoms with van der Waals surface area (Å²) in [5.41, 5.74) is 3.44. The minimum absolute atomic E-state index is 0.162. The Bertz CT molecular complexity index is 611. The predicted octanol–water partition coefficient (Wildman–Crippen LogP) is 6.88. The molecule has 0 aliphatic carbocycles. The Morgan fingerprint density at radius 3 is 2.33 bits per heavy atom. The number of rotatable bonds is 5. The molecule has 0 bridgehead atoms. The van der Waals surface area contributed by atoms with Gasteiger partial charge < -0.3 is 5.32 Å². The van der Waals surface area contributed by atoms with Crippen LogP contribution in [0, 0.1) is 0 Å². The highest BCUT2D eigenvalue weighted by Crippen LogP contribution is 2.37. The van der Waals surface area contributed by atoms with Crippen LogP contribution in [0.4, 0.5) is 5.69 Å². The van der Waals surface area contributed by atoms with E-state index in [-0.39, 0.29) is 6.04 Å². The van der Waals surface area contributed by atoms with E-state index in [1.54, 1.807) is 0 Å². The molecule has 2 rings (SSSR count). The van der Waals surface area contributed by atoms with E-state index in [9.17, 15) is 0 Å². The molecule has 0 aromatic heterocycles. The maximum atomic E-state index is 6.27. The van der Waals surface area contributed by atoms with E-state index >= 15 is 0 Å². The maximum Gasteiger partial charge on any atom is 0.0835 e.